The van der Waals surface area contributed by atoms with Gasteiger partial charge >= 0.3 is 5.69 Å². The number of hydrogen-bond donors (Lipinski definition) is 0. The van der Waals surface area contributed by atoms with Crippen LogP contribution in [-0.2, 0) is 0 Å². The molecule has 1 rings (SSSR count). The molecular formula is C6H6Cl2N4O2. The molecule has 0 aliphatic carbocycles. The van der Waals surface area contributed by atoms with Crippen molar-refractivity contribution in [3.63, 3.8) is 0 Å². The van der Waals surface area contributed by atoms with Crippen LogP contribution in [0.1, 0.15) is 0 Å². The monoisotopic (exact) mass is 236 g/mol. The fourth-order valence-corrected chi connectivity index (χ4v) is 1.26. The summed E-state index contributed by atoms with van der Waals surface area (Å²) < 4.78 is 0. The van der Waals surface area contributed by atoms with Gasteiger partial charge in [0.15, 0.2) is 0 Å². The lowest BCUT2D eigenvalue weighted by molar-refractivity contribution is -0.385. The average Bonchev–Trinajstić information content (AvgIpc) is 2.01. The van der Waals surface area contributed by atoms with Gasteiger partial charge in [0, 0.05) is 14.1 Å². The molecular weight excluding hydrogens is 231 g/mol. The third kappa shape index (κ3) is 2.02. The van der Waals surface area contributed by atoms with Gasteiger partial charge in [-0.05, 0) is 0 Å². The fraction of sp³-hybridized carbons (Fsp3) is 0.333. The van der Waals surface area contributed by atoms with Crippen molar-refractivity contribution in [3.8, 4) is 0 Å². The van der Waals surface area contributed by atoms with Crippen LogP contribution in [0, 0.1) is 10.1 Å². The number of anilines is 1. The minimum atomic E-state index is -0.718. The molecule has 0 radical (unpaired) electrons. The van der Waals surface area contributed by atoms with E-state index in [1.54, 1.807) is 19.0 Å². The summed E-state index contributed by atoms with van der Waals surface area (Å²) in [5.74, 6) is 0.227. The molecule has 0 N–H and O–H groups in total. The molecule has 0 bridgehead atoms. The number of nitrogens with zero attached hydrogens (tertiary/aromatic N) is 4. The van der Waals surface area contributed by atoms with E-state index < -0.39 is 10.6 Å². The molecule has 1 aromatic rings. The maximum atomic E-state index is 10.5. The first kappa shape index (κ1) is 10.9. The van der Waals surface area contributed by atoms with E-state index in [0.717, 1.165) is 0 Å². The standard InChI is InChI=1S/C6H6Cl2N4O2/c1-11(2)6-9-4(7)3(12(13)14)5(8)10-6/h1-2H3. The van der Waals surface area contributed by atoms with Crippen molar-refractivity contribution >= 4 is 34.8 Å². The molecule has 8 heteroatoms. The summed E-state index contributed by atoms with van der Waals surface area (Å²) in [5, 5.41) is 9.94. The molecule has 76 valence electrons. The van der Waals surface area contributed by atoms with Crippen molar-refractivity contribution < 1.29 is 4.92 Å². The second-order valence-electron chi connectivity index (χ2n) is 2.61. The number of halogens is 2. The molecule has 0 spiro atoms. The van der Waals surface area contributed by atoms with Crippen LogP contribution in [-0.4, -0.2) is 29.0 Å². The largest absolute Gasteiger partial charge is 0.347 e. The van der Waals surface area contributed by atoms with Crippen LogP contribution in [0.5, 0.6) is 0 Å². The van der Waals surface area contributed by atoms with Crippen molar-refractivity contribution in [2.24, 2.45) is 0 Å². The number of hydrogen-bond acceptors (Lipinski definition) is 5. The lowest BCUT2D eigenvalue weighted by atomic mass is 10.5. The van der Waals surface area contributed by atoms with E-state index in [0.29, 0.717) is 0 Å². The first-order chi connectivity index (χ1) is 6.43. The number of aromatic nitrogens is 2. The van der Waals surface area contributed by atoms with Gasteiger partial charge in [0.05, 0.1) is 4.92 Å². The molecule has 0 saturated heterocycles. The first-order valence-corrected chi connectivity index (χ1v) is 4.24. The minimum absolute atomic E-state index is 0.227. The highest BCUT2D eigenvalue weighted by Gasteiger charge is 2.22. The smallest absolute Gasteiger partial charge is 0.343 e. The van der Waals surface area contributed by atoms with E-state index in [9.17, 15) is 10.1 Å². The highest BCUT2D eigenvalue weighted by atomic mass is 35.5. The summed E-state index contributed by atoms with van der Waals surface area (Å²) in [5.41, 5.74) is -0.473. The van der Waals surface area contributed by atoms with Crippen LogP contribution in [0.4, 0.5) is 11.6 Å². The summed E-state index contributed by atoms with van der Waals surface area (Å²) in [6.45, 7) is 0. The molecule has 0 aromatic carbocycles. The molecule has 0 aliphatic rings. The maximum absolute atomic E-state index is 10.5. The fourth-order valence-electron chi connectivity index (χ4n) is 0.742. The van der Waals surface area contributed by atoms with Crippen LogP contribution < -0.4 is 4.90 Å². The van der Waals surface area contributed by atoms with E-state index in [1.807, 2.05) is 0 Å². The van der Waals surface area contributed by atoms with E-state index in [2.05, 4.69) is 9.97 Å². The topological polar surface area (TPSA) is 72.2 Å². The maximum Gasteiger partial charge on any atom is 0.343 e. The Morgan fingerprint density at radius 2 is 1.71 bits per heavy atom. The number of rotatable bonds is 2. The second-order valence-corrected chi connectivity index (χ2v) is 3.32. The van der Waals surface area contributed by atoms with Gasteiger partial charge in [0.2, 0.25) is 16.3 Å². The Bertz CT molecular complexity index is 359. The van der Waals surface area contributed by atoms with Gasteiger partial charge in [-0.25, -0.2) is 0 Å². The van der Waals surface area contributed by atoms with Crippen molar-refractivity contribution in [2.75, 3.05) is 19.0 Å². The van der Waals surface area contributed by atoms with E-state index >= 15 is 0 Å². The molecule has 6 nitrogen and oxygen atoms in total. The summed E-state index contributed by atoms with van der Waals surface area (Å²) in [4.78, 5) is 18.7. The van der Waals surface area contributed by atoms with E-state index in [4.69, 9.17) is 23.2 Å². The zero-order valence-electron chi connectivity index (χ0n) is 7.36. The third-order valence-electron chi connectivity index (χ3n) is 1.37. The number of nitro groups is 1. The van der Waals surface area contributed by atoms with Crippen LogP contribution in [0.25, 0.3) is 0 Å². The zero-order valence-corrected chi connectivity index (χ0v) is 8.87. The third-order valence-corrected chi connectivity index (χ3v) is 1.90. The van der Waals surface area contributed by atoms with Gasteiger partial charge in [-0.2, -0.15) is 9.97 Å². The molecule has 0 atom stereocenters. The predicted octanol–water partition coefficient (Wildman–Crippen LogP) is 1.76. The lowest BCUT2D eigenvalue weighted by Gasteiger charge is -2.09. The van der Waals surface area contributed by atoms with Gasteiger partial charge in [-0.3, -0.25) is 10.1 Å². The van der Waals surface area contributed by atoms with Gasteiger partial charge < -0.3 is 4.90 Å². The summed E-state index contributed by atoms with van der Waals surface area (Å²) in [6.07, 6.45) is 0. The van der Waals surface area contributed by atoms with E-state index in [1.165, 1.54) is 0 Å². The van der Waals surface area contributed by atoms with Crippen molar-refractivity contribution in [3.05, 3.63) is 20.4 Å². The van der Waals surface area contributed by atoms with Crippen LogP contribution in [0.2, 0.25) is 10.3 Å². The highest BCUT2D eigenvalue weighted by molar-refractivity contribution is 6.36. The summed E-state index contributed by atoms with van der Waals surface area (Å²) in [7, 11) is 3.35. The van der Waals surface area contributed by atoms with Gasteiger partial charge in [-0.15, -0.1) is 0 Å². The van der Waals surface area contributed by atoms with Gasteiger partial charge in [0.1, 0.15) is 0 Å². The van der Waals surface area contributed by atoms with Crippen molar-refractivity contribution in [1.29, 1.82) is 0 Å². The summed E-state index contributed by atoms with van der Waals surface area (Å²) in [6, 6.07) is 0. The molecule has 0 aliphatic heterocycles. The molecule has 14 heavy (non-hydrogen) atoms. The Labute approximate surface area is 89.6 Å². The highest BCUT2D eigenvalue weighted by Crippen LogP contribution is 2.30. The van der Waals surface area contributed by atoms with Crippen molar-refractivity contribution in [2.45, 2.75) is 0 Å². The predicted molar refractivity (Wildman–Crippen MR) is 53.0 cm³/mol. The molecule has 0 amide bonds. The summed E-state index contributed by atoms with van der Waals surface area (Å²) >= 11 is 11.1. The van der Waals surface area contributed by atoms with Crippen molar-refractivity contribution in [1.82, 2.24) is 9.97 Å². The molecule has 1 heterocycles. The molecule has 1 aromatic heterocycles. The Balaban J connectivity index is 3.32. The van der Waals surface area contributed by atoms with Gasteiger partial charge in [0.25, 0.3) is 0 Å². The Morgan fingerprint density at radius 3 is 2.00 bits per heavy atom. The second kappa shape index (κ2) is 3.93. The Hall–Kier alpha value is -1.14. The zero-order chi connectivity index (χ0) is 10.9. The quantitative estimate of drug-likeness (QED) is 0.445. The van der Waals surface area contributed by atoms with Gasteiger partial charge in [-0.1, -0.05) is 23.2 Å². The lowest BCUT2D eigenvalue weighted by Crippen LogP contribution is -2.13. The average molecular weight is 237 g/mol. The van der Waals surface area contributed by atoms with Crippen LogP contribution in [0.15, 0.2) is 0 Å². The first-order valence-electron chi connectivity index (χ1n) is 3.48. The minimum Gasteiger partial charge on any atom is -0.347 e. The molecule has 0 fully saturated rings. The SMILES string of the molecule is CN(C)c1nc(Cl)c([N+](=O)[O-])c(Cl)n1. The van der Waals surface area contributed by atoms with Crippen LogP contribution in [0.3, 0.4) is 0 Å². The van der Waals surface area contributed by atoms with Crippen LogP contribution >= 0.6 is 23.2 Å². The Morgan fingerprint density at radius 1 is 1.29 bits per heavy atom. The molecule has 0 saturated carbocycles. The normalized spacial score (nSPS) is 10.0. The molecule has 0 unspecified atom stereocenters. The Kier molecular flexibility index (Phi) is 3.07. The van der Waals surface area contributed by atoms with E-state index in [-0.39, 0.29) is 16.3 Å².